The number of benzene rings is 1. The number of aromatic hydroxyl groups is 1. The number of phenolic OH excluding ortho intramolecular Hbond substituents is 1. The number of nitrogens with one attached hydrogen (secondary N) is 1. The van der Waals surface area contributed by atoms with Gasteiger partial charge >= 0.3 is 0 Å². The van der Waals surface area contributed by atoms with Crippen LogP contribution in [-0.2, 0) is 0 Å². The van der Waals surface area contributed by atoms with Crippen molar-refractivity contribution in [2.45, 2.75) is 19.4 Å². The topological polar surface area (TPSA) is 35.5 Å². The third-order valence-corrected chi connectivity index (χ3v) is 5.00. The normalized spacial score (nSPS) is 17.9. The second-order valence-electron chi connectivity index (χ2n) is 5.29. The van der Waals surface area contributed by atoms with Gasteiger partial charge in [0.2, 0.25) is 0 Å². The highest BCUT2D eigenvalue weighted by molar-refractivity contribution is 14.1. The van der Waals surface area contributed by atoms with Gasteiger partial charge in [-0.1, -0.05) is 5.57 Å². The van der Waals surface area contributed by atoms with E-state index in [0.717, 1.165) is 47.3 Å². The van der Waals surface area contributed by atoms with Gasteiger partial charge in [0.25, 0.3) is 0 Å². The molecule has 0 aromatic heterocycles. The molecule has 0 aliphatic carbocycles. The molecule has 5 heteroatoms. The molecule has 0 unspecified atom stereocenters. The van der Waals surface area contributed by atoms with E-state index in [1.807, 2.05) is 6.07 Å². The molecule has 0 amide bonds. The summed E-state index contributed by atoms with van der Waals surface area (Å²) in [4.78, 5) is 2.45. The molecule has 1 aromatic carbocycles. The lowest BCUT2D eigenvalue weighted by Crippen LogP contribution is -2.45. The van der Waals surface area contributed by atoms with Crippen molar-refractivity contribution in [3.05, 3.63) is 37.0 Å². The van der Waals surface area contributed by atoms with Crippen molar-refractivity contribution in [1.29, 1.82) is 0 Å². The quantitative estimate of drug-likeness (QED) is 0.493. The Bertz CT molecular complexity index is 499. The van der Waals surface area contributed by atoms with Gasteiger partial charge in [-0.05, 0) is 70.7 Å². The van der Waals surface area contributed by atoms with Crippen molar-refractivity contribution in [2.75, 3.05) is 26.2 Å². The Kier molecular flexibility index (Phi) is 6.12. The average Bonchev–Trinajstić information content (AvgIpc) is 2.41. The summed E-state index contributed by atoms with van der Waals surface area (Å²) in [6.07, 6.45) is 0.893. The maximum Gasteiger partial charge on any atom is 0.133 e. The molecular weight excluding hydrogens is 478 g/mol. The number of nitrogens with zero attached hydrogens (tertiary/aromatic N) is 1. The molecule has 3 nitrogen and oxygen atoms in total. The molecule has 1 aromatic rings. The fourth-order valence-corrected chi connectivity index (χ4v) is 4.49. The van der Waals surface area contributed by atoms with Crippen LogP contribution >= 0.6 is 45.2 Å². The minimum atomic E-state index is 0.220. The van der Waals surface area contributed by atoms with Gasteiger partial charge in [-0.25, -0.2) is 0 Å². The Labute approximate surface area is 148 Å². The third-order valence-electron chi connectivity index (χ3n) is 3.55. The monoisotopic (exact) mass is 498 g/mol. The Morgan fingerprint density at radius 1 is 1.40 bits per heavy atom. The molecule has 0 spiro atoms. The predicted molar refractivity (Wildman–Crippen MR) is 100 cm³/mol. The molecule has 0 bridgehead atoms. The summed E-state index contributed by atoms with van der Waals surface area (Å²) in [7, 11) is 0. The van der Waals surface area contributed by atoms with E-state index in [4.69, 9.17) is 0 Å². The molecule has 0 radical (unpaired) electrons. The van der Waals surface area contributed by atoms with E-state index in [1.54, 1.807) is 0 Å². The summed E-state index contributed by atoms with van der Waals surface area (Å²) < 4.78 is 2.09. The number of piperazine rings is 1. The van der Waals surface area contributed by atoms with Crippen molar-refractivity contribution in [3.8, 4) is 5.75 Å². The fourth-order valence-electron chi connectivity index (χ4n) is 2.60. The standard InChI is InChI=1S/C15H20I2N2O/c1-10(2)7-14(19-5-3-18-4-6-19)12-8-11(16)9-13(17)15(12)20/h8-9,14,18,20H,1,3-7H2,2H3/t14-/m0/s1. The third kappa shape index (κ3) is 4.08. The largest absolute Gasteiger partial charge is 0.506 e. The molecule has 1 aliphatic heterocycles. The van der Waals surface area contributed by atoms with Crippen LogP contribution in [0.15, 0.2) is 24.3 Å². The van der Waals surface area contributed by atoms with Crippen LogP contribution in [0, 0.1) is 7.14 Å². The molecule has 2 N–H and O–H groups in total. The van der Waals surface area contributed by atoms with E-state index in [-0.39, 0.29) is 6.04 Å². The first-order chi connectivity index (χ1) is 9.49. The fraction of sp³-hybridized carbons (Fsp3) is 0.467. The number of hydrogen-bond donors (Lipinski definition) is 2. The van der Waals surface area contributed by atoms with Crippen LogP contribution in [0.4, 0.5) is 0 Å². The van der Waals surface area contributed by atoms with Gasteiger partial charge in [0.1, 0.15) is 5.75 Å². The molecule has 1 aliphatic rings. The molecule has 1 heterocycles. The van der Waals surface area contributed by atoms with Crippen LogP contribution in [-0.4, -0.2) is 36.2 Å². The van der Waals surface area contributed by atoms with E-state index < -0.39 is 0 Å². The molecule has 1 atom stereocenters. The Morgan fingerprint density at radius 2 is 2.05 bits per heavy atom. The van der Waals surface area contributed by atoms with Crippen LogP contribution in [0.5, 0.6) is 5.75 Å². The van der Waals surface area contributed by atoms with E-state index in [0.29, 0.717) is 5.75 Å². The van der Waals surface area contributed by atoms with Gasteiger partial charge < -0.3 is 10.4 Å². The first-order valence-corrected chi connectivity index (χ1v) is 8.92. The molecule has 1 fully saturated rings. The molecule has 0 saturated carbocycles. The van der Waals surface area contributed by atoms with Crippen LogP contribution in [0.3, 0.4) is 0 Å². The predicted octanol–water partition coefficient (Wildman–Crippen LogP) is 3.51. The van der Waals surface area contributed by atoms with Crippen LogP contribution in [0.25, 0.3) is 0 Å². The van der Waals surface area contributed by atoms with Crippen LogP contribution in [0.2, 0.25) is 0 Å². The van der Waals surface area contributed by atoms with E-state index in [9.17, 15) is 5.11 Å². The highest BCUT2D eigenvalue weighted by Crippen LogP contribution is 2.37. The summed E-state index contributed by atoms with van der Waals surface area (Å²) in [6.45, 7) is 10.2. The van der Waals surface area contributed by atoms with Gasteiger partial charge in [-0.15, -0.1) is 6.58 Å². The highest BCUT2D eigenvalue weighted by Gasteiger charge is 2.25. The Hall–Kier alpha value is 0.140. The zero-order chi connectivity index (χ0) is 14.7. The van der Waals surface area contributed by atoms with Crippen molar-refractivity contribution >= 4 is 45.2 Å². The van der Waals surface area contributed by atoms with E-state index in [2.05, 4.69) is 75.0 Å². The van der Waals surface area contributed by atoms with Gasteiger partial charge in [0.15, 0.2) is 0 Å². The van der Waals surface area contributed by atoms with Crippen molar-refractivity contribution in [2.24, 2.45) is 0 Å². The SMILES string of the molecule is C=C(C)C[C@@H](c1cc(I)cc(I)c1O)N1CCNCC1. The summed E-state index contributed by atoms with van der Waals surface area (Å²) in [5.41, 5.74) is 2.19. The summed E-state index contributed by atoms with van der Waals surface area (Å²) in [5.74, 6) is 0.427. The lowest BCUT2D eigenvalue weighted by Gasteiger charge is -2.36. The highest BCUT2D eigenvalue weighted by atomic mass is 127. The summed E-state index contributed by atoms with van der Waals surface area (Å²) in [5, 5.41) is 13.8. The Morgan fingerprint density at radius 3 is 2.65 bits per heavy atom. The number of rotatable bonds is 4. The van der Waals surface area contributed by atoms with Crippen molar-refractivity contribution < 1.29 is 5.11 Å². The van der Waals surface area contributed by atoms with Gasteiger partial charge in [-0.2, -0.15) is 0 Å². The maximum atomic E-state index is 10.5. The number of phenols is 1. The van der Waals surface area contributed by atoms with E-state index >= 15 is 0 Å². The Balaban J connectivity index is 2.37. The molecule has 20 heavy (non-hydrogen) atoms. The van der Waals surface area contributed by atoms with Gasteiger partial charge in [0, 0.05) is 41.4 Å². The average molecular weight is 498 g/mol. The smallest absolute Gasteiger partial charge is 0.133 e. The van der Waals surface area contributed by atoms with Crippen LogP contribution < -0.4 is 5.32 Å². The second-order valence-corrected chi connectivity index (χ2v) is 7.70. The first-order valence-electron chi connectivity index (χ1n) is 6.76. The summed E-state index contributed by atoms with van der Waals surface area (Å²) >= 11 is 4.52. The summed E-state index contributed by atoms with van der Waals surface area (Å²) in [6, 6.07) is 4.33. The van der Waals surface area contributed by atoms with E-state index in [1.165, 1.54) is 3.57 Å². The van der Waals surface area contributed by atoms with Gasteiger partial charge in [0.05, 0.1) is 3.57 Å². The molecule has 2 rings (SSSR count). The van der Waals surface area contributed by atoms with Crippen LogP contribution in [0.1, 0.15) is 24.9 Å². The molecule has 1 saturated heterocycles. The van der Waals surface area contributed by atoms with Gasteiger partial charge in [-0.3, -0.25) is 4.90 Å². The van der Waals surface area contributed by atoms with Crippen molar-refractivity contribution in [3.63, 3.8) is 0 Å². The zero-order valence-corrected chi connectivity index (χ0v) is 15.9. The van der Waals surface area contributed by atoms with Crippen molar-refractivity contribution in [1.82, 2.24) is 10.2 Å². The molecular formula is C15H20I2N2O. The second kappa shape index (κ2) is 7.42. The minimum absolute atomic E-state index is 0.220. The molecule has 110 valence electrons. The lowest BCUT2D eigenvalue weighted by atomic mass is 9.97. The zero-order valence-electron chi connectivity index (χ0n) is 11.6. The number of halogens is 2. The first kappa shape index (κ1) is 16.5. The minimum Gasteiger partial charge on any atom is -0.506 e. The lowest BCUT2D eigenvalue weighted by molar-refractivity contribution is 0.169. The number of hydrogen-bond acceptors (Lipinski definition) is 3. The maximum absolute atomic E-state index is 10.5.